The standard InChI is InChI=1S/C15H26N4O7/c1-15(2,3)26-14(24)19-9(5-6-10(16)20)13(23)18-7-11(21)17-8-12(22)25-4/h9H,5-8H2,1-4H3,(H2,16,20)(H,17,21)(H,18,23)(H,19,24). The van der Waals surface area contributed by atoms with Crippen LogP contribution in [0.15, 0.2) is 0 Å². The molecule has 1 atom stereocenters. The van der Waals surface area contributed by atoms with Gasteiger partial charge in [0.15, 0.2) is 0 Å². The fourth-order valence-corrected chi connectivity index (χ4v) is 1.60. The van der Waals surface area contributed by atoms with Crippen LogP contribution < -0.4 is 21.7 Å². The van der Waals surface area contributed by atoms with Crippen LogP contribution in [0, 0.1) is 0 Å². The largest absolute Gasteiger partial charge is 0.468 e. The summed E-state index contributed by atoms with van der Waals surface area (Å²) in [5, 5.41) is 6.85. The number of hydrogen-bond acceptors (Lipinski definition) is 7. The second kappa shape index (κ2) is 10.9. The van der Waals surface area contributed by atoms with Gasteiger partial charge in [0.05, 0.1) is 13.7 Å². The van der Waals surface area contributed by atoms with Gasteiger partial charge in [0.2, 0.25) is 17.7 Å². The minimum atomic E-state index is -1.12. The van der Waals surface area contributed by atoms with E-state index in [0.29, 0.717) is 0 Å². The van der Waals surface area contributed by atoms with E-state index in [4.69, 9.17) is 10.5 Å². The number of hydrogen-bond donors (Lipinski definition) is 4. The van der Waals surface area contributed by atoms with Crippen molar-refractivity contribution in [2.75, 3.05) is 20.2 Å². The quantitative estimate of drug-likeness (QED) is 0.358. The lowest BCUT2D eigenvalue weighted by molar-refractivity contribution is -0.141. The second-order valence-electron chi connectivity index (χ2n) is 6.27. The number of methoxy groups -OCH3 is 1. The maximum Gasteiger partial charge on any atom is 0.408 e. The van der Waals surface area contributed by atoms with Gasteiger partial charge in [0, 0.05) is 6.42 Å². The molecule has 0 spiro atoms. The average Bonchev–Trinajstić information content (AvgIpc) is 2.52. The first-order valence-corrected chi connectivity index (χ1v) is 7.83. The monoisotopic (exact) mass is 374 g/mol. The summed E-state index contributed by atoms with van der Waals surface area (Å²) in [4.78, 5) is 57.3. The lowest BCUT2D eigenvalue weighted by atomic mass is 10.1. The Morgan fingerprint density at radius 1 is 1.04 bits per heavy atom. The highest BCUT2D eigenvalue weighted by Crippen LogP contribution is 2.07. The van der Waals surface area contributed by atoms with Crippen molar-refractivity contribution in [3.05, 3.63) is 0 Å². The van der Waals surface area contributed by atoms with Crippen molar-refractivity contribution in [2.45, 2.75) is 45.3 Å². The van der Waals surface area contributed by atoms with Gasteiger partial charge in [0.25, 0.3) is 0 Å². The molecule has 1 unspecified atom stereocenters. The van der Waals surface area contributed by atoms with Gasteiger partial charge < -0.3 is 31.2 Å². The highest BCUT2D eigenvalue weighted by molar-refractivity contribution is 5.90. The third-order valence-corrected chi connectivity index (χ3v) is 2.77. The van der Waals surface area contributed by atoms with Crippen LogP contribution in [0.3, 0.4) is 0 Å². The predicted octanol–water partition coefficient (Wildman–Crippen LogP) is -1.45. The zero-order valence-electron chi connectivity index (χ0n) is 15.3. The van der Waals surface area contributed by atoms with Crippen LogP contribution in [-0.2, 0) is 28.7 Å². The molecular weight excluding hydrogens is 348 g/mol. The molecule has 0 aliphatic heterocycles. The highest BCUT2D eigenvalue weighted by Gasteiger charge is 2.25. The SMILES string of the molecule is COC(=O)CNC(=O)CNC(=O)C(CCC(N)=O)NC(=O)OC(C)(C)C. The van der Waals surface area contributed by atoms with Crippen LogP contribution in [0.5, 0.6) is 0 Å². The topological polar surface area (TPSA) is 166 Å². The number of nitrogens with one attached hydrogen (secondary N) is 3. The van der Waals surface area contributed by atoms with E-state index in [-0.39, 0.29) is 19.4 Å². The molecule has 0 saturated heterocycles. The Morgan fingerprint density at radius 3 is 2.15 bits per heavy atom. The van der Waals surface area contributed by atoms with Crippen LogP contribution in [0.1, 0.15) is 33.6 Å². The normalized spacial score (nSPS) is 11.7. The van der Waals surface area contributed by atoms with Crippen LogP contribution in [-0.4, -0.2) is 61.6 Å². The van der Waals surface area contributed by atoms with Gasteiger partial charge in [-0.05, 0) is 27.2 Å². The first-order valence-electron chi connectivity index (χ1n) is 7.83. The zero-order valence-corrected chi connectivity index (χ0v) is 15.3. The second-order valence-corrected chi connectivity index (χ2v) is 6.27. The number of ether oxygens (including phenoxy) is 2. The van der Waals surface area contributed by atoms with Crippen LogP contribution in [0.4, 0.5) is 4.79 Å². The van der Waals surface area contributed by atoms with Crippen molar-refractivity contribution in [2.24, 2.45) is 5.73 Å². The summed E-state index contributed by atoms with van der Waals surface area (Å²) in [7, 11) is 1.17. The van der Waals surface area contributed by atoms with Gasteiger partial charge in [-0.1, -0.05) is 0 Å². The molecule has 0 aliphatic carbocycles. The molecule has 0 radical (unpaired) electrons. The van der Waals surface area contributed by atoms with E-state index in [2.05, 4.69) is 20.7 Å². The average molecular weight is 374 g/mol. The van der Waals surface area contributed by atoms with Gasteiger partial charge in [-0.2, -0.15) is 0 Å². The summed E-state index contributed by atoms with van der Waals surface area (Å²) < 4.78 is 9.41. The number of alkyl carbamates (subject to hydrolysis) is 1. The molecule has 26 heavy (non-hydrogen) atoms. The molecule has 0 aromatic carbocycles. The van der Waals surface area contributed by atoms with Gasteiger partial charge in [-0.15, -0.1) is 0 Å². The summed E-state index contributed by atoms with van der Waals surface area (Å²) in [6, 6.07) is -1.12. The number of rotatable bonds is 9. The molecule has 0 rings (SSSR count). The van der Waals surface area contributed by atoms with E-state index in [1.807, 2.05) is 0 Å². The van der Waals surface area contributed by atoms with Crippen molar-refractivity contribution in [1.29, 1.82) is 0 Å². The van der Waals surface area contributed by atoms with E-state index in [9.17, 15) is 24.0 Å². The van der Waals surface area contributed by atoms with Crippen LogP contribution >= 0.6 is 0 Å². The number of amides is 4. The van der Waals surface area contributed by atoms with Gasteiger partial charge in [-0.25, -0.2) is 4.79 Å². The Hall–Kier alpha value is -2.85. The van der Waals surface area contributed by atoms with Crippen molar-refractivity contribution < 1.29 is 33.4 Å². The number of esters is 1. The minimum absolute atomic E-state index is 0.0653. The van der Waals surface area contributed by atoms with Crippen molar-refractivity contribution in [3.63, 3.8) is 0 Å². The van der Waals surface area contributed by atoms with E-state index in [0.717, 1.165) is 0 Å². The molecule has 0 aromatic rings. The molecule has 5 N–H and O–H groups in total. The first-order chi connectivity index (χ1) is 11.9. The molecule has 11 heteroatoms. The fourth-order valence-electron chi connectivity index (χ4n) is 1.60. The molecule has 11 nitrogen and oxygen atoms in total. The summed E-state index contributed by atoms with van der Waals surface area (Å²) in [6.45, 7) is 4.18. The maximum atomic E-state index is 12.2. The van der Waals surface area contributed by atoms with E-state index < -0.39 is 48.0 Å². The summed E-state index contributed by atoms with van der Waals surface area (Å²) in [6.07, 6.45) is -1.07. The van der Waals surface area contributed by atoms with E-state index >= 15 is 0 Å². The Morgan fingerprint density at radius 2 is 1.65 bits per heavy atom. The van der Waals surface area contributed by atoms with Gasteiger partial charge in [0.1, 0.15) is 18.2 Å². The zero-order chi connectivity index (χ0) is 20.3. The van der Waals surface area contributed by atoms with Crippen molar-refractivity contribution >= 4 is 29.8 Å². The molecule has 0 heterocycles. The van der Waals surface area contributed by atoms with Crippen molar-refractivity contribution in [3.8, 4) is 0 Å². The third kappa shape index (κ3) is 11.6. The van der Waals surface area contributed by atoms with Crippen LogP contribution in [0.25, 0.3) is 0 Å². The van der Waals surface area contributed by atoms with Crippen LogP contribution in [0.2, 0.25) is 0 Å². The molecule has 0 saturated carbocycles. The molecule has 0 fully saturated rings. The summed E-state index contributed by atoms with van der Waals surface area (Å²) in [5.41, 5.74) is 4.28. The molecular formula is C15H26N4O7. The fraction of sp³-hybridized carbons (Fsp3) is 0.667. The summed E-state index contributed by atoms with van der Waals surface area (Å²) >= 11 is 0. The van der Waals surface area contributed by atoms with Crippen molar-refractivity contribution in [1.82, 2.24) is 16.0 Å². The number of carbonyl (C=O) groups is 5. The number of nitrogens with two attached hydrogens (primary N) is 1. The van der Waals surface area contributed by atoms with E-state index in [1.165, 1.54) is 7.11 Å². The molecule has 148 valence electrons. The lowest BCUT2D eigenvalue weighted by Gasteiger charge is -2.23. The predicted molar refractivity (Wildman–Crippen MR) is 89.6 cm³/mol. The Kier molecular flexibility index (Phi) is 9.71. The molecule has 0 aromatic heterocycles. The smallest absolute Gasteiger partial charge is 0.408 e. The van der Waals surface area contributed by atoms with E-state index in [1.54, 1.807) is 20.8 Å². The summed E-state index contributed by atoms with van der Waals surface area (Å²) in [5.74, 6) is -2.62. The van der Waals surface area contributed by atoms with Gasteiger partial charge in [-0.3, -0.25) is 19.2 Å². The Bertz CT molecular complexity index is 543. The lowest BCUT2D eigenvalue weighted by Crippen LogP contribution is -2.50. The first kappa shape index (κ1) is 23.1. The van der Waals surface area contributed by atoms with Gasteiger partial charge >= 0.3 is 12.1 Å². The molecule has 0 bridgehead atoms. The molecule has 4 amide bonds. The number of primary amides is 1. The third-order valence-electron chi connectivity index (χ3n) is 2.77. The molecule has 0 aliphatic rings. The highest BCUT2D eigenvalue weighted by atomic mass is 16.6. The minimum Gasteiger partial charge on any atom is -0.468 e. The Labute approximate surface area is 151 Å². The maximum absolute atomic E-state index is 12.2. The Balaban J connectivity index is 4.63. The number of carbonyl (C=O) groups excluding carboxylic acids is 5.